The van der Waals surface area contributed by atoms with E-state index in [0.29, 0.717) is 37.9 Å². The maximum absolute atomic E-state index is 13.6. The second kappa shape index (κ2) is 10.8. The van der Waals surface area contributed by atoms with Gasteiger partial charge in [0.1, 0.15) is 17.5 Å². The molecule has 0 unspecified atom stereocenters. The van der Waals surface area contributed by atoms with Crippen molar-refractivity contribution in [1.29, 1.82) is 0 Å². The molecule has 2 aromatic rings. The molecule has 1 fully saturated rings. The predicted molar refractivity (Wildman–Crippen MR) is 111 cm³/mol. The van der Waals surface area contributed by atoms with Crippen LogP contribution in [0.2, 0.25) is 0 Å². The second-order valence-corrected chi connectivity index (χ2v) is 7.34. The van der Waals surface area contributed by atoms with Gasteiger partial charge < -0.3 is 15.5 Å². The van der Waals surface area contributed by atoms with Gasteiger partial charge in [0, 0.05) is 50.9 Å². The molecule has 1 heterocycles. The topological polar surface area (TPSA) is 81.8 Å². The third-order valence-electron chi connectivity index (χ3n) is 5.02. The number of halogens is 3. The third-order valence-corrected chi connectivity index (χ3v) is 5.02. The van der Waals surface area contributed by atoms with Crippen molar-refractivity contribution < 1.29 is 27.6 Å². The number of piperazine rings is 1. The van der Waals surface area contributed by atoms with E-state index in [4.69, 9.17) is 0 Å². The van der Waals surface area contributed by atoms with E-state index in [1.807, 2.05) is 4.90 Å². The number of carbonyl (C=O) groups is 3. The summed E-state index contributed by atoms with van der Waals surface area (Å²) in [6.07, 6.45) is 0.0413. The quantitative estimate of drug-likeness (QED) is 0.679. The molecule has 7 nitrogen and oxygen atoms in total. The Morgan fingerprint density at radius 2 is 1.53 bits per heavy atom. The average Bonchev–Trinajstić information content (AvgIpc) is 2.75. The van der Waals surface area contributed by atoms with Gasteiger partial charge in [-0.25, -0.2) is 13.2 Å². The average molecular weight is 448 g/mol. The first kappa shape index (κ1) is 23.3. The van der Waals surface area contributed by atoms with Crippen LogP contribution in [0.15, 0.2) is 42.5 Å². The lowest BCUT2D eigenvalue weighted by molar-refractivity contribution is -0.132. The van der Waals surface area contributed by atoms with Crippen LogP contribution in [0.4, 0.5) is 18.9 Å². The Bertz CT molecular complexity index is 977. The number of nitrogens with zero attached hydrogens (tertiary/aromatic N) is 2. The van der Waals surface area contributed by atoms with Crippen LogP contribution in [0.1, 0.15) is 16.8 Å². The van der Waals surface area contributed by atoms with E-state index in [1.165, 1.54) is 24.3 Å². The van der Waals surface area contributed by atoms with E-state index in [-0.39, 0.29) is 42.7 Å². The van der Waals surface area contributed by atoms with Gasteiger partial charge in [-0.3, -0.25) is 19.3 Å². The zero-order chi connectivity index (χ0) is 23.1. The van der Waals surface area contributed by atoms with Crippen LogP contribution in [0.3, 0.4) is 0 Å². The number of benzene rings is 2. The smallest absolute Gasteiger partial charge is 0.254 e. The molecule has 0 saturated carbocycles. The molecular formula is C22H23F3N4O3. The highest BCUT2D eigenvalue weighted by molar-refractivity contribution is 5.94. The van der Waals surface area contributed by atoms with Crippen molar-refractivity contribution in [2.75, 3.05) is 44.6 Å². The molecule has 0 atom stereocenters. The maximum Gasteiger partial charge on any atom is 0.254 e. The van der Waals surface area contributed by atoms with Crippen LogP contribution >= 0.6 is 0 Å². The Morgan fingerprint density at radius 3 is 2.19 bits per heavy atom. The van der Waals surface area contributed by atoms with E-state index in [0.717, 1.165) is 12.1 Å². The molecule has 170 valence electrons. The number of carbonyl (C=O) groups excluding carboxylic acids is 3. The molecule has 2 aromatic carbocycles. The maximum atomic E-state index is 13.6. The first-order chi connectivity index (χ1) is 15.3. The minimum atomic E-state index is -0.964. The van der Waals surface area contributed by atoms with Gasteiger partial charge in [0.25, 0.3) is 5.91 Å². The molecule has 0 bridgehead atoms. The number of hydrogen-bond donors (Lipinski definition) is 2. The molecule has 3 rings (SSSR count). The van der Waals surface area contributed by atoms with Gasteiger partial charge in [0.15, 0.2) is 0 Å². The van der Waals surface area contributed by atoms with Crippen molar-refractivity contribution in [1.82, 2.24) is 15.1 Å². The molecule has 0 radical (unpaired) electrons. The van der Waals surface area contributed by atoms with Crippen LogP contribution in [-0.2, 0) is 9.59 Å². The lowest BCUT2D eigenvalue weighted by atomic mass is 10.2. The molecule has 0 spiro atoms. The minimum Gasteiger partial charge on any atom is -0.351 e. The lowest BCUT2D eigenvalue weighted by Crippen LogP contribution is -2.50. The molecular weight excluding hydrogens is 425 g/mol. The van der Waals surface area contributed by atoms with Gasteiger partial charge in [0.2, 0.25) is 11.8 Å². The van der Waals surface area contributed by atoms with E-state index in [1.54, 1.807) is 4.90 Å². The summed E-state index contributed by atoms with van der Waals surface area (Å²) in [6, 6.07) is 8.15. The van der Waals surface area contributed by atoms with Crippen LogP contribution in [-0.4, -0.2) is 66.8 Å². The van der Waals surface area contributed by atoms with Gasteiger partial charge in [-0.1, -0.05) is 0 Å². The normalized spacial score (nSPS) is 14.2. The van der Waals surface area contributed by atoms with Crippen LogP contribution in [0.25, 0.3) is 0 Å². The lowest BCUT2D eigenvalue weighted by Gasteiger charge is -2.34. The Balaban J connectivity index is 1.36. The van der Waals surface area contributed by atoms with Crippen LogP contribution in [0.5, 0.6) is 0 Å². The highest BCUT2D eigenvalue weighted by atomic mass is 19.1. The molecule has 10 heteroatoms. The van der Waals surface area contributed by atoms with Crippen LogP contribution < -0.4 is 10.6 Å². The zero-order valence-electron chi connectivity index (χ0n) is 17.2. The molecule has 1 aliphatic heterocycles. The Morgan fingerprint density at radius 1 is 0.875 bits per heavy atom. The molecule has 2 N–H and O–H groups in total. The van der Waals surface area contributed by atoms with E-state index in [2.05, 4.69) is 10.6 Å². The van der Waals surface area contributed by atoms with Crippen LogP contribution in [0, 0.1) is 17.5 Å². The monoisotopic (exact) mass is 448 g/mol. The summed E-state index contributed by atoms with van der Waals surface area (Å²) in [5.74, 6) is -3.24. The summed E-state index contributed by atoms with van der Waals surface area (Å²) >= 11 is 0. The number of amides is 3. The third kappa shape index (κ3) is 6.55. The van der Waals surface area contributed by atoms with Gasteiger partial charge in [-0.05, 0) is 36.4 Å². The number of hydrogen-bond acceptors (Lipinski definition) is 4. The van der Waals surface area contributed by atoms with Crippen molar-refractivity contribution in [3.8, 4) is 0 Å². The van der Waals surface area contributed by atoms with Crippen molar-refractivity contribution in [3.05, 3.63) is 65.5 Å². The SMILES string of the molecule is O=C(CN1CCN(C(=O)CCNC(=O)c2ccc(F)cc2F)CC1)Nc1ccc(F)cc1. The first-order valence-corrected chi connectivity index (χ1v) is 10.1. The standard InChI is InChI=1S/C22H23F3N4O3/c23-15-1-4-17(5-2-15)27-20(30)14-28-9-11-29(12-10-28)21(31)7-8-26-22(32)18-6-3-16(24)13-19(18)25/h1-6,13H,7-12,14H2,(H,26,32)(H,27,30). The molecule has 1 saturated heterocycles. The van der Waals surface area contributed by atoms with Gasteiger partial charge in [0.05, 0.1) is 12.1 Å². The minimum absolute atomic E-state index is 0.0226. The Hall–Kier alpha value is -3.40. The summed E-state index contributed by atoms with van der Waals surface area (Å²) in [5.41, 5.74) is 0.221. The van der Waals surface area contributed by atoms with E-state index >= 15 is 0 Å². The summed E-state index contributed by atoms with van der Waals surface area (Å²) in [4.78, 5) is 40.0. The van der Waals surface area contributed by atoms with Gasteiger partial charge in [-0.15, -0.1) is 0 Å². The highest BCUT2D eigenvalue weighted by Gasteiger charge is 2.22. The van der Waals surface area contributed by atoms with E-state index < -0.39 is 17.5 Å². The zero-order valence-corrected chi connectivity index (χ0v) is 17.2. The molecule has 1 aliphatic rings. The highest BCUT2D eigenvalue weighted by Crippen LogP contribution is 2.10. The number of nitrogens with one attached hydrogen (secondary N) is 2. The fourth-order valence-electron chi connectivity index (χ4n) is 3.30. The fraction of sp³-hybridized carbons (Fsp3) is 0.318. The van der Waals surface area contributed by atoms with Gasteiger partial charge >= 0.3 is 0 Å². The van der Waals surface area contributed by atoms with Crippen molar-refractivity contribution >= 4 is 23.4 Å². The van der Waals surface area contributed by atoms with Crippen molar-refractivity contribution in [2.24, 2.45) is 0 Å². The molecule has 3 amide bonds. The largest absolute Gasteiger partial charge is 0.351 e. The summed E-state index contributed by atoms with van der Waals surface area (Å²) < 4.78 is 39.5. The van der Waals surface area contributed by atoms with Crippen molar-refractivity contribution in [3.63, 3.8) is 0 Å². The summed E-state index contributed by atoms with van der Waals surface area (Å²) in [5, 5.41) is 5.15. The van der Waals surface area contributed by atoms with E-state index in [9.17, 15) is 27.6 Å². The predicted octanol–water partition coefficient (Wildman–Crippen LogP) is 2.01. The summed E-state index contributed by atoms with van der Waals surface area (Å²) in [7, 11) is 0. The van der Waals surface area contributed by atoms with Crippen molar-refractivity contribution in [2.45, 2.75) is 6.42 Å². The number of rotatable bonds is 7. The fourth-order valence-corrected chi connectivity index (χ4v) is 3.30. The molecule has 0 aromatic heterocycles. The number of anilines is 1. The Labute approximate surface area is 183 Å². The summed E-state index contributed by atoms with van der Waals surface area (Å²) in [6.45, 7) is 2.06. The molecule has 32 heavy (non-hydrogen) atoms. The van der Waals surface area contributed by atoms with Gasteiger partial charge in [-0.2, -0.15) is 0 Å². The molecule has 0 aliphatic carbocycles. The first-order valence-electron chi connectivity index (χ1n) is 10.1. The Kier molecular flexibility index (Phi) is 7.82. The second-order valence-electron chi connectivity index (χ2n) is 7.34.